The second kappa shape index (κ2) is 8.04. The molecule has 1 saturated heterocycles. The number of aromatic nitrogens is 2. The Hall–Kier alpha value is -3.48. The van der Waals surface area contributed by atoms with E-state index in [-0.39, 0.29) is 17.4 Å². The fourth-order valence-corrected chi connectivity index (χ4v) is 3.15. The smallest absolute Gasteiger partial charge is 0.275 e. The second-order valence-corrected chi connectivity index (χ2v) is 6.62. The number of anilines is 4. The van der Waals surface area contributed by atoms with Crippen molar-refractivity contribution in [3.8, 4) is 0 Å². The van der Waals surface area contributed by atoms with Crippen molar-refractivity contribution in [2.24, 2.45) is 0 Å². The molecule has 0 aliphatic carbocycles. The van der Waals surface area contributed by atoms with Crippen LogP contribution < -0.4 is 15.5 Å². The Kier molecular flexibility index (Phi) is 5.14. The molecule has 2 aromatic carbocycles. The molecule has 6 nitrogen and oxygen atoms in total. The molecular weight excluding hydrogens is 357 g/mol. The highest BCUT2D eigenvalue weighted by Crippen LogP contribution is 2.22. The molecule has 0 bridgehead atoms. The van der Waals surface area contributed by atoms with Gasteiger partial charge in [-0.1, -0.05) is 6.07 Å². The van der Waals surface area contributed by atoms with Gasteiger partial charge in [0.15, 0.2) is 0 Å². The molecule has 4 rings (SSSR count). The lowest BCUT2D eigenvalue weighted by atomic mass is 10.2. The van der Waals surface area contributed by atoms with Crippen LogP contribution in [0.5, 0.6) is 0 Å². The van der Waals surface area contributed by atoms with Gasteiger partial charge in [-0.15, -0.1) is 0 Å². The minimum absolute atomic E-state index is 0.202. The normalized spacial score (nSPS) is 13.4. The molecular formula is C21H20FN5O. The van der Waals surface area contributed by atoms with E-state index in [2.05, 4.69) is 25.5 Å². The van der Waals surface area contributed by atoms with Gasteiger partial charge in [0.2, 0.25) is 0 Å². The van der Waals surface area contributed by atoms with Crippen LogP contribution in [0.1, 0.15) is 23.3 Å². The highest BCUT2D eigenvalue weighted by atomic mass is 19.1. The van der Waals surface area contributed by atoms with Crippen molar-refractivity contribution in [2.75, 3.05) is 28.6 Å². The molecule has 1 aromatic heterocycles. The summed E-state index contributed by atoms with van der Waals surface area (Å²) in [6.45, 7) is 2.16. The van der Waals surface area contributed by atoms with Crippen LogP contribution >= 0.6 is 0 Å². The summed E-state index contributed by atoms with van der Waals surface area (Å²) in [5, 5.41) is 5.77. The third-order valence-corrected chi connectivity index (χ3v) is 4.58. The van der Waals surface area contributed by atoms with Gasteiger partial charge < -0.3 is 15.5 Å². The molecule has 0 unspecified atom stereocenters. The average molecular weight is 377 g/mol. The monoisotopic (exact) mass is 377 g/mol. The van der Waals surface area contributed by atoms with Gasteiger partial charge in [0.1, 0.15) is 17.3 Å². The van der Waals surface area contributed by atoms with Crippen LogP contribution in [0.15, 0.2) is 60.9 Å². The Bertz CT molecular complexity index is 953. The summed E-state index contributed by atoms with van der Waals surface area (Å²) >= 11 is 0. The van der Waals surface area contributed by atoms with Crippen LogP contribution in [-0.2, 0) is 0 Å². The molecule has 3 aromatic rings. The topological polar surface area (TPSA) is 70.2 Å². The van der Waals surface area contributed by atoms with Crippen molar-refractivity contribution < 1.29 is 9.18 Å². The molecule has 2 N–H and O–H groups in total. The molecule has 7 heteroatoms. The maximum atomic E-state index is 13.2. The number of hydrogen-bond donors (Lipinski definition) is 2. The van der Waals surface area contributed by atoms with E-state index in [0.29, 0.717) is 17.2 Å². The van der Waals surface area contributed by atoms with Crippen LogP contribution in [0.4, 0.5) is 27.3 Å². The first kappa shape index (κ1) is 17.9. The molecule has 142 valence electrons. The largest absolute Gasteiger partial charge is 0.372 e. The Labute approximate surface area is 162 Å². The third kappa shape index (κ3) is 4.25. The molecule has 0 radical (unpaired) electrons. The lowest BCUT2D eigenvalue weighted by Gasteiger charge is -2.17. The fourth-order valence-electron chi connectivity index (χ4n) is 3.15. The SMILES string of the molecule is O=C(Nc1ccc(N2CCCC2)cc1)c1cnc(Nc2cccc(F)c2)cn1. The molecule has 1 amide bonds. The number of nitrogens with zero attached hydrogens (tertiary/aromatic N) is 3. The Morgan fingerprint density at radius 2 is 1.75 bits per heavy atom. The van der Waals surface area contributed by atoms with E-state index >= 15 is 0 Å². The molecule has 0 atom stereocenters. The summed E-state index contributed by atoms with van der Waals surface area (Å²) in [6.07, 6.45) is 5.27. The van der Waals surface area contributed by atoms with E-state index in [0.717, 1.165) is 13.1 Å². The van der Waals surface area contributed by atoms with Crippen molar-refractivity contribution in [1.29, 1.82) is 0 Å². The van der Waals surface area contributed by atoms with Crippen molar-refractivity contribution in [2.45, 2.75) is 12.8 Å². The van der Waals surface area contributed by atoms with Gasteiger partial charge in [-0.25, -0.2) is 14.4 Å². The fraction of sp³-hybridized carbons (Fsp3) is 0.190. The predicted molar refractivity (Wildman–Crippen MR) is 108 cm³/mol. The lowest BCUT2D eigenvalue weighted by molar-refractivity contribution is 0.102. The van der Waals surface area contributed by atoms with Gasteiger partial charge in [0.05, 0.1) is 12.4 Å². The summed E-state index contributed by atoms with van der Waals surface area (Å²) in [5.74, 6) is -0.249. The number of halogens is 1. The zero-order chi connectivity index (χ0) is 19.3. The molecule has 0 spiro atoms. The highest BCUT2D eigenvalue weighted by Gasteiger charge is 2.13. The first-order chi connectivity index (χ1) is 13.7. The van der Waals surface area contributed by atoms with Gasteiger partial charge in [-0.3, -0.25) is 4.79 Å². The quantitative estimate of drug-likeness (QED) is 0.697. The van der Waals surface area contributed by atoms with Crippen molar-refractivity contribution in [1.82, 2.24) is 9.97 Å². The number of hydrogen-bond acceptors (Lipinski definition) is 5. The van der Waals surface area contributed by atoms with E-state index in [1.54, 1.807) is 12.1 Å². The molecule has 1 fully saturated rings. The van der Waals surface area contributed by atoms with E-state index < -0.39 is 0 Å². The van der Waals surface area contributed by atoms with Crippen LogP contribution in [0.3, 0.4) is 0 Å². The van der Waals surface area contributed by atoms with Crippen molar-refractivity contribution in [3.05, 3.63) is 72.4 Å². The Balaban J connectivity index is 1.38. The van der Waals surface area contributed by atoms with Crippen LogP contribution in [-0.4, -0.2) is 29.0 Å². The number of benzene rings is 2. The first-order valence-electron chi connectivity index (χ1n) is 9.18. The maximum absolute atomic E-state index is 13.2. The zero-order valence-corrected chi connectivity index (χ0v) is 15.2. The van der Waals surface area contributed by atoms with Crippen LogP contribution in [0, 0.1) is 5.82 Å². The van der Waals surface area contributed by atoms with Crippen LogP contribution in [0.2, 0.25) is 0 Å². The molecule has 2 heterocycles. The molecule has 1 aliphatic rings. The van der Waals surface area contributed by atoms with Gasteiger partial charge in [0.25, 0.3) is 5.91 Å². The van der Waals surface area contributed by atoms with Gasteiger partial charge in [-0.05, 0) is 55.3 Å². The van der Waals surface area contributed by atoms with Crippen molar-refractivity contribution >= 4 is 28.8 Å². The number of nitrogens with one attached hydrogen (secondary N) is 2. The summed E-state index contributed by atoms with van der Waals surface area (Å²) in [7, 11) is 0. The minimum atomic E-state index is -0.343. The maximum Gasteiger partial charge on any atom is 0.275 e. The van der Waals surface area contributed by atoms with Gasteiger partial charge >= 0.3 is 0 Å². The van der Waals surface area contributed by atoms with Gasteiger partial charge in [0, 0.05) is 30.2 Å². The zero-order valence-electron chi connectivity index (χ0n) is 15.2. The summed E-state index contributed by atoms with van der Waals surface area (Å²) < 4.78 is 13.2. The van der Waals surface area contributed by atoms with Gasteiger partial charge in [-0.2, -0.15) is 0 Å². The minimum Gasteiger partial charge on any atom is -0.372 e. The van der Waals surface area contributed by atoms with E-state index in [4.69, 9.17) is 0 Å². The van der Waals surface area contributed by atoms with Crippen LogP contribution in [0.25, 0.3) is 0 Å². The molecule has 0 saturated carbocycles. The van der Waals surface area contributed by atoms with E-state index in [1.165, 1.54) is 43.1 Å². The second-order valence-electron chi connectivity index (χ2n) is 6.62. The Morgan fingerprint density at radius 1 is 0.964 bits per heavy atom. The third-order valence-electron chi connectivity index (χ3n) is 4.58. The molecule has 28 heavy (non-hydrogen) atoms. The van der Waals surface area contributed by atoms with E-state index in [1.807, 2.05) is 24.3 Å². The Morgan fingerprint density at radius 3 is 2.43 bits per heavy atom. The lowest BCUT2D eigenvalue weighted by Crippen LogP contribution is -2.18. The number of rotatable bonds is 5. The number of amides is 1. The summed E-state index contributed by atoms with van der Waals surface area (Å²) in [6, 6.07) is 13.8. The number of carbonyl (C=O) groups excluding carboxylic acids is 1. The van der Waals surface area contributed by atoms with E-state index in [9.17, 15) is 9.18 Å². The predicted octanol–water partition coefficient (Wildman–Crippen LogP) is 4.21. The first-order valence-corrected chi connectivity index (χ1v) is 9.18. The highest BCUT2D eigenvalue weighted by molar-refractivity contribution is 6.02. The number of carbonyl (C=O) groups is 1. The standard InChI is InChI=1S/C21H20FN5O/c22-15-4-3-5-17(12-15)25-20-14-23-19(13-24-20)21(28)26-16-6-8-18(9-7-16)27-10-1-2-11-27/h3-9,12-14H,1-2,10-11H2,(H,24,25)(H,26,28). The molecule has 1 aliphatic heterocycles. The summed E-state index contributed by atoms with van der Waals surface area (Å²) in [5.41, 5.74) is 2.64. The summed E-state index contributed by atoms with van der Waals surface area (Å²) in [4.78, 5) is 23.0. The average Bonchev–Trinajstić information content (AvgIpc) is 3.24. The van der Waals surface area contributed by atoms with Crippen molar-refractivity contribution in [3.63, 3.8) is 0 Å².